The maximum absolute atomic E-state index is 11.7. The molecule has 252 valence electrons. The zero-order chi connectivity index (χ0) is 33.5. The van der Waals surface area contributed by atoms with Crippen LogP contribution in [0.2, 0.25) is 0 Å². The molecule has 1 atom stereocenters. The highest BCUT2D eigenvalue weighted by atomic mass is 16.3. The molecule has 45 heavy (non-hydrogen) atoms. The van der Waals surface area contributed by atoms with Crippen molar-refractivity contribution in [2.45, 2.75) is 124 Å². The molecule has 0 aromatic carbocycles. The normalized spacial score (nSPS) is 19.5. The van der Waals surface area contributed by atoms with E-state index < -0.39 is 0 Å². The first-order valence-corrected chi connectivity index (χ1v) is 17.2. The van der Waals surface area contributed by atoms with E-state index in [1.54, 1.807) is 19.1 Å². The van der Waals surface area contributed by atoms with Crippen LogP contribution in [-0.2, 0) is 4.79 Å². The predicted octanol–water partition coefficient (Wildman–Crippen LogP) is 7.23. The van der Waals surface area contributed by atoms with Crippen molar-refractivity contribution in [3.63, 3.8) is 0 Å². The van der Waals surface area contributed by atoms with Gasteiger partial charge in [0.15, 0.2) is 5.78 Å². The third-order valence-electron chi connectivity index (χ3n) is 9.17. The van der Waals surface area contributed by atoms with Gasteiger partial charge in [-0.25, -0.2) is 0 Å². The number of nitrogens with zero attached hydrogens (tertiary/aromatic N) is 2. The lowest BCUT2D eigenvalue weighted by molar-refractivity contribution is -0.117. The third kappa shape index (κ3) is 12.1. The van der Waals surface area contributed by atoms with Gasteiger partial charge in [0.25, 0.3) is 0 Å². The molecule has 1 saturated heterocycles. The van der Waals surface area contributed by atoms with Gasteiger partial charge in [0.2, 0.25) is 0 Å². The lowest BCUT2D eigenvalue weighted by atomic mass is 9.96. The molecule has 7 heteroatoms. The third-order valence-corrected chi connectivity index (χ3v) is 9.17. The second-order valence-corrected chi connectivity index (χ2v) is 12.6. The van der Waals surface area contributed by atoms with Gasteiger partial charge in [0, 0.05) is 42.6 Å². The Hall–Kier alpha value is -2.87. The first kappa shape index (κ1) is 38.3. The van der Waals surface area contributed by atoms with Gasteiger partial charge in [-0.05, 0) is 109 Å². The maximum Gasteiger partial charge on any atom is 0.186 e. The minimum atomic E-state index is -0.0652. The van der Waals surface area contributed by atoms with Crippen molar-refractivity contribution in [1.29, 1.82) is 0 Å². The van der Waals surface area contributed by atoms with Crippen LogP contribution in [0.4, 0.5) is 0 Å². The Morgan fingerprint density at radius 2 is 1.69 bits per heavy atom. The topological polar surface area (TPSA) is 88.1 Å². The number of hydrogen-bond acceptors (Lipinski definition) is 7. The van der Waals surface area contributed by atoms with Crippen molar-refractivity contribution < 1.29 is 15.0 Å². The van der Waals surface area contributed by atoms with E-state index in [-0.39, 0.29) is 24.2 Å². The van der Waals surface area contributed by atoms with Gasteiger partial charge in [-0.2, -0.15) is 0 Å². The molecule has 0 bridgehead atoms. The van der Waals surface area contributed by atoms with Gasteiger partial charge in [-0.3, -0.25) is 14.6 Å². The first-order chi connectivity index (χ1) is 21.5. The molecule has 3 rings (SSSR count). The van der Waals surface area contributed by atoms with E-state index in [0.717, 1.165) is 59.7 Å². The SMILES string of the molecule is C=C(/C=C\C(O)=C/C)C(CO)N1CCC(N(CCC)C(CC)CC)CC1.C=C(C)/C(C)=C\C(=C/C)NC1=C(NC2CC2)CC1=O. The molecule has 2 fully saturated rings. The predicted molar refractivity (Wildman–Crippen MR) is 190 cm³/mol. The number of aliphatic hydroxyl groups excluding tert-OH is 2. The van der Waals surface area contributed by atoms with Crippen LogP contribution < -0.4 is 10.6 Å². The minimum absolute atomic E-state index is 0.0651. The number of carbonyl (C=O) groups is 1. The molecule has 0 radical (unpaired) electrons. The fraction of sp³-hybridized carbons (Fsp3) is 0.605. The van der Waals surface area contributed by atoms with E-state index in [0.29, 0.717) is 24.5 Å². The standard InChI is InChI=1S/C22H40N2O2.C16H22N2O/c1-6-14-24(19(7-2)8-3)20-12-15-23(16-13-20)22(17-25)18(5)10-11-21(26)9-4;1-5-12(8-11(4)10(2)3)18-16-14(9-15(16)19)17-13-6-7-13/h9-11,19-20,22,25-26H,5-8,12-17H2,1-4H3;5,8,13,17-18H,2,6-7,9H2,1,3-4H3/b11-10-,21-9+;11-8-,12-5+. The summed E-state index contributed by atoms with van der Waals surface area (Å²) in [5.74, 6) is 0.408. The molecule has 0 spiro atoms. The summed E-state index contributed by atoms with van der Waals surface area (Å²) >= 11 is 0. The summed E-state index contributed by atoms with van der Waals surface area (Å²) in [7, 11) is 0. The number of Topliss-reactive ketones (excluding diaryl/α,β-unsaturated/α-hetero) is 1. The molecule has 3 aliphatic rings. The summed E-state index contributed by atoms with van der Waals surface area (Å²) in [6.45, 7) is 25.9. The first-order valence-electron chi connectivity index (χ1n) is 17.2. The number of aliphatic hydroxyl groups is 2. The summed E-state index contributed by atoms with van der Waals surface area (Å²) in [6.07, 6.45) is 18.0. The molecule has 0 aromatic rings. The van der Waals surface area contributed by atoms with Gasteiger partial charge in [0.1, 0.15) is 11.5 Å². The molecule has 7 nitrogen and oxygen atoms in total. The van der Waals surface area contributed by atoms with E-state index in [1.807, 2.05) is 39.0 Å². The van der Waals surface area contributed by atoms with Gasteiger partial charge in [0.05, 0.1) is 19.1 Å². The van der Waals surface area contributed by atoms with E-state index in [2.05, 4.69) is 54.4 Å². The van der Waals surface area contributed by atoms with Crippen LogP contribution in [0.5, 0.6) is 0 Å². The highest BCUT2D eigenvalue weighted by Crippen LogP contribution is 2.28. The second-order valence-electron chi connectivity index (χ2n) is 12.6. The maximum atomic E-state index is 11.7. The summed E-state index contributed by atoms with van der Waals surface area (Å²) in [4.78, 5) is 16.8. The Bertz CT molecular complexity index is 1150. The van der Waals surface area contributed by atoms with E-state index in [1.165, 1.54) is 38.6 Å². The van der Waals surface area contributed by atoms with Crippen molar-refractivity contribution in [3.05, 3.63) is 83.1 Å². The summed E-state index contributed by atoms with van der Waals surface area (Å²) in [6, 6.07) is 1.85. The molecular weight excluding hydrogens is 560 g/mol. The van der Waals surface area contributed by atoms with E-state index in [9.17, 15) is 15.0 Å². The molecule has 1 heterocycles. The van der Waals surface area contributed by atoms with Gasteiger partial charge < -0.3 is 20.8 Å². The molecule has 1 aliphatic heterocycles. The fourth-order valence-corrected chi connectivity index (χ4v) is 5.91. The zero-order valence-electron chi connectivity index (χ0n) is 29.3. The molecule has 0 aromatic heterocycles. The van der Waals surface area contributed by atoms with Crippen LogP contribution in [0, 0.1) is 0 Å². The largest absolute Gasteiger partial charge is 0.508 e. The summed E-state index contributed by atoms with van der Waals surface area (Å²) in [5.41, 5.74) is 5.73. The highest BCUT2D eigenvalue weighted by molar-refractivity contribution is 6.04. The molecular formula is C38H62N4O3. The Morgan fingerprint density at radius 1 is 1.04 bits per heavy atom. The van der Waals surface area contributed by atoms with Gasteiger partial charge in [-0.15, -0.1) is 0 Å². The number of allylic oxidation sites excluding steroid dienone is 8. The monoisotopic (exact) mass is 622 g/mol. The summed E-state index contributed by atoms with van der Waals surface area (Å²) < 4.78 is 0. The van der Waals surface area contributed by atoms with Crippen molar-refractivity contribution in [3.8, 4) is 0 Å². The average molecular weight is 623 g/mol. The average Bonchev–Trinajstić information content (AvgIpc) is 3.87. The summed E-state index contributed by atoms with van der Waals surface area (Å²) in [5, 5.41) is 26.1. The molecule has 4 N–H and O–H groups in total. The van der Waals surface area contributed by atoms with Crippen LogP contribution >= 0.6 is 0 Å². The van der Waals surface area contributed by atoms with Crippen LogP contribution in [0.1, 0.15) is 99.8 Å². The number of piperidine rings is 1. The Balaban J connectivity index is 0.000000328. The zero-order valence-corrected chi connectivity index (χ0v) is 29.3. The minimum Gasteiger partial charge on any atom is -0.508 e. The van der Waals surface area contributed by atoms with Gasteiger partial charge in [-0.1, -0.05) is 51.7 Å². The second kappa shape index (κ2) is 19.6. The fourth-order valence-electron chi connectivity index (χ4n) is 5.91. The quantitative estimate of drug-likeness (QED) is 0.101. The van der Waals surface area contributed by atoms with Crippen molar-refractivity contribution >= 4 is 5.78 Å². The smallest absolute Gasteiger partial charge is 0.186 e. The number of likely N-dealkylation sites (tertiary alicyclic amines) is 1. The van der Waals surface area contributed by atoms with E-state index in [4.69, 9.17) is 0 Å². The van der Waals surface area contributed by atoms with Crippen LogP contribution in [0.3, 0.4) is 0 Å². The van der Waals surface area contributed by atoms with Crippen molar-refractivity contribution in [2.24, 2.45) is 0 Å². The highest BCUT2D eigenvalue weighted by Gasteiger charge is 2.32. The van der Waals surface area contributed by atoms with Crippen molar-refractivity contribution in [2.75, 3.05) is 26.2 Å². The molecule has 1 unspecified atom stereocenters. The van der Waals surface area contributed by atoms with E-state index >= 15 is 0 Å². The Kier molecular flexibility index (Phi) is 16.7. The molecule has 2 aliphatic carbocycles. The Morgan fingerprint density at radius 3 is 2.16 bits per heavy atom. The number of ketones is 1. The molecule has 0 amide bonds. The number of hydrogen-bond donors (Lipinski definition) is 4. The lowest BCUT2D eigenvalue weighted by Crippen LogP contribution is -2.52. The Labute approximate surface area is 274 Å². The van der Waals surface area contributed by atoms with Crippen LogP contribution in [0.25, 0.3) is 0 Å². The molecule has 1 saturated carbocycles. The van der Waals surface area contributed by atoms with Crippen LogP contribution in [-0.4, -0.2) is 76.2 Å². The van der Waals surface area contributed by atoms with Gasteiger partial charge >= 0.3 is 0 Å². The number of carbonyl (C=O) groups excluding carboxylic acids is 1. The van der Waals surface area contributed by atoms with Crippen LogP contribution in [0.15, 0.2) is 83.1 Å². The van der Waals surface area contributed by atoms with Crippen molar-refractivity contribution in [1.82, 2.24) is 20.4 Å². The number of rotatable bonds is 17. The number of nitrogens with one attached hydrogen (secondary N) is 2. The lowest BCUT2D eigenvalue weighted by Gasteiger charge is -2.44.